The van der Waals surface area contributed by atoms with E-state index in [1.165, 1.54) is 10.8 Å². The average Bonchev–Trinajstić information content (AvgIpc) is 3.44. The minimum absolute atomic E-state index is 0.591. The zero-order chi connectivity index (χ0) is 22.6. The summed E-state index contributed by atoms with van der Waals surface area (Å²) in [7, 11) is 0. The van der Waals surface area contributed by atoms with Crippen molar-refractivity contribution >= 4 is 43.7 Å². The molecule has 158 valence electrons. The van der Waals surface area contributed by atoms with Gasteiger partial charge in [-0.3, -0.25) is 4.98 Å². The number of nitrogens with zero attached hydrogens (tertiary/aromatic N) is 3. The van der Waals surface area contributed by atoms with Crippen molar-refractivity contribution in [3.63, 3.8) is 0 Å². The molecule has 0 aliphatic rings. The monoisotopic (exact) mass is 435 g/mol. The Kier molecular flexibility index (Phi) is 3.88. The molecule has 0 radical (unpaired) electrons. The number of furan rings is 1. The Bertz CT molecular complexity index is 1930. The lowest BCUT2D eigenvalue weighted by molar-refractivity contribution is 0.669. The summed E-state index contributed by atoms with van der Waals surface area (Å²) in [5.41, 5.74) is 7.34. The Morgan fingerprint density at radius 1 is 0.706 bits per heavy atom. The maximum absolute atomic E-state index is 9.42. The van der Waals surface area contributed by atoms with Crippen molar-refractivity contribution in [3.05, 3.63) is 109 Å². The van der Waals surface area contributed by atoms with Crippen molar-refractivity contribution in [2.75, 3.05) is 0 Å². The van der Waals surface area contributed by atoms with Gasteiger partial charge in [-0.2, -0.15) is 5.26 Å². The summed E-state index contributed by atoms with van der Waals surface area (Å²) in [4.78, 5) is 4.59. The fraction of sp³-hybridized carbons (Fsp3) is 0. The first kappa shape index (κ1) is 18.7. The minimum atomic E-state index is 0.591. The van der Waals surface area contributed by atoms with Crippen molar-refractivity contribution in [2.45, 2.75) is 0 Å². The fourth-order valence-electron chi connectivity index (χ4n) is 5.07. The number of hydrogen-bond donors (Lipinski definition) is 0. The van der Waals surface area contributed by atoms with Crippen LogP contribution >= 0.6 is 0 Å². The SMILES string of the molecule is N#Cc1ccnc(-c2ccccc2-n2c3ccccc3c3c4c(ccc32)oc2ccccc24)c1. The number of rotatable bonds is 2. The Labute approximate surface area is 194 Å². The van der Waals surface area contributed by atoms with Crippen LogP contribution in [0.3, 0.4) is 0 Å². The van der Waals surface area contributed by atoms with Crippen molar-refractivity contribution < 1.29 is 4.42 Å². The van der Waals surface area contributed by atoms with Crippen LogP contribution in [0, 0.1) is 11.3 Å². The molecule has 0 saturated heterocycles. The van der Waals surface area contributed by atoms with Gasteiger partial charge in [0, 0.05) is 33.3 Å². The van der Waals surface area contributed by atoms with Crippen LogP contribution in [0.4, 0.5) is 0 Å². The van der Waals surface area contributed by atoms with Crippen LogP contribution in [0.2, 0.25) is 0 Å². The summed E-state index contributed by atoms with van der Waals surface area (Å²) in [6.07, 6.45) is 1.69. The molecule has 0 amide bonds. The molecule has 0 fully saturated rings. The largest absolute Gasteiger partial charge is 0.456 e. The standard InChI is InChI=1S/C30H17N3O/c31-18-19-15-16-32-23(17-19)20-7-1-4-10-24(20)33-25-11-5-2-8-21(25)29-26(33)13-14-28-30(29)22-9-3-6-12-27(22)34-28/h1-17H. The molecule has 4 aromatic carbocycles. The van der Waals surface area contributed by atoms with Gasteiger partial charge in [-0.1, -0.05) is 54.6 Å². The first-order valence-corrected chi connectivity index (χ1v) is 11.1. The zero-order valence-electron chi connectivity index (χ0n) is 18.1. The van der Waals surface area contributed by atoms with Gasteiger partial charge in [-0.15, -0.1) is 0 Å². The molecular formula is C30H17N3O. The summed E-state index contributed by atoms with van der Waals surface area (Å²) < 4.78 is 8.49. The van der Waals surface area contributed by atoms with E-state index in [9.17, 15) is 5.26 Å². The van der Waals surface area contributed by atoms with Crippen LogP contribution in [0.1, 0.15) is 5.56 Å². The van der Waals surface area contributed by atoms with Crippen molar-refractivity contribution in [3.8, 4) is 23.0 Å². The van der Waals surface area contributed by atoms with Crippen molar-refractivity contribution in [1.82, 2.24) is 9.55 Å². The van der Waals surface area contributed by atoms with Gasteiger partial charge >= 0.3 is 0 Å². The van der Waals surface area contributed by atoms with E-state index < -0.39 is 0 Å². The Morgan fingerprint density at radius 3 is 2.41 bits per heavy atom. The molecule has 3 heterocycles. The second-order valence-corrected chi connectivity index (χ2v) is 8.34. The van der Waals surface area contributed by atoms with Gasteiger partial charge in [-0.05, 0) is 42.5 Å². The van der Waals surface area contributed by atoms with E-state index in [1.807, 2.05) is 30.3 Å². The molecule has 0 aliphatic heterocycles. The van der Waals surface area contributed by atoms with Crippen LogP contribution in [-0.2, 0) is 0 Å². The van der Waals surface area contributed by atoms with Crippen LogP contribution < -0.4 is 0 Å². The molecular weight excluding hydrogens is 418 g/mol. The van der Waals surface area contributed by atoms with Crippen molar-refractivity contribution in [1.29, 1.82) is 5.26 Å². The molecule has 4 nitrogen and oxygen atoms in total. The molecule has 4 heteroatoms. The van der Waals surface area contributed by atoms with Crippen molar-refractivity contribution in [2.24, 2.45) is 0 Å². The first-order valence-electron chi connectivity index (χ1n) is 11.1. The van der Waals surface area contributed by atoms with Gasteiger partial charge in [0.15, 0.2) is 0 Å². The number of nitriles is 1. The topological polar surface area (TPSA) is 54.8 Å². The summed E-state index contributed by atoms with van der Waals surface area (Å²) in [6, 6.07) is 34.9. The summed E-state index contributed by atoms with van der Waals surface area (Å²) >= 11 is 0. The first-order chi connectivity index (χ1) is 16.8. The Morgan fingerprint density at radius 2 is 1.50 bits per heavy atom. The fourth-order valence-corrected chi connectivity index (χ4v) is 5.07. The normalized spacial score (nSPS) is 11.5. The van der Waals surface area contributed by atoms with Gasteiger partial charge < -0.3 is 8.98 Å². The van der Waals surface area contributed by atoms with Crippen LogP contribution in [0.5, 0.6) is 0 Å². The van der Waals surface area contributed by atoms with Crippen LogP contribution in [0.25, 0.3) is 60.7 Å². The van der Waals surface area contributed by atoms with Gasteiger partial charge in [0.2, 0.25) is 0 Å². The van der Waals surface area contributed by atoms with E-state index in [4.69, 9.17) is 4.42 Å². The highest BCUT2D eigenvalue weighted by molar-refractivity contribution is 6.27. The highest BCUT2D eigenvalue weighted by atomic mass is 16.3. The smallest absolute Gasteiger partial charge is 0.136 e. The molecule has 3 aromatic heterocycles. The molecule has 0 bridgehead atoms. The third-order valence-electron chi connectivity index (χ3n) is 6.49. The lowest BCUT2D eigenvalue weighted by Gasteiger charge is -2.13. The molecule has 34 heavy (non-hydrogen) atoms. The van der Waals surface area contributed by atoms with E-state index >= 15 is 0 Å². The molecule has 0 N–H and O–H groups in total. The number of fused-ring (bicyclic) bond motifs is 7. The molecule has 0 unspecified atom stereocenters. The molecule has 7 rings (SSSR count). The predicted octanol–water partition coefficient (Wildman–Crippen LogP) is 7.62. The summed E-state index contributed by atoms with van der Waals surface area (Å²) in [5.74, 6) is 0. The van der Waals surface area contributed by atoms with Gasteiger partial charge in [0.1, 0.15) is 11.2 Å². The van der Waals surface area contributed by atoms with Crippen LogP contribution in [-0.4, -0.2) is 9.55 Å². The predicted molar refractivity (Wildman–Crippen MR) is 136 cm³/mol. The van der Waals surface area contributed by atoms with Gasteiger partial charge in [0.05, 0.1) is 34.0 Å². The number of hydrogen-bond acceptors (Lipinski definition) is 3. The van der Waals surface area contributed by atoms with Gasteiger partial charge in [0.25, 0.3) is 0 Å². The maximum atomic E-state index is 9.42. The highest BCUT2D eigenvalue weighted by Crippen LogP contribution is 2.42. The lowest BCUT2D eigenvalue weighted by Crippen LogP contribution is -1.98. The zero-order valence-corrected chi connectivity index (χ0v) is 18.1. The molecule has 0 saturated carbocycles. The number of para-hydroxylation sites is 3. The van der Waals surface area contributed by atoms with E-state index in [1.54, 1.807) is 12.3 Å². The van der Waals surface area contributed by atoms with E-state index in [2.05, 4.69) is 76.3 Å². The summed E-state index contributed by atoms with van der Waals surface area (Å²) in [6.45, 7) is 0. The van der Waals surface area contributed by atoms with E-state index in [0.29, 0.717) is 5.56 Å². The third kappa shape index (κ3) is 2.55. The quantitative estimate of drug-likeness (QED) is 0.281. The average molecular weight is 435 g/mol. The second-order valence-electron chi connectivity index (χ2n) is 8.34. The molecule has 0 atom stereocenters. The number of pyridine rings is 1. The third-order valence-corrected chi connectivity index (χ3v) is 6.49. The number of benzene rings is 4. The second kappa shape index (κ2) is 7.06. The summed E-state index contributed by atoms with van der Waals surface area (Å²) in [5, 5.41) is 14.0. The Balaban J connectivity index is 1.65. The minimum Gasteiger partial charge on any atom is -0.456 e. The Hall–Kier alpha value is -4.88. The maximum Gasteiger partial charge on any atom is 0.136 e. The molecule has 7 aromatic rings. The van der Waals surface area contributed by atoms with E-state index in [-0.39, 0.29) is 0 Å². The molecule has 0 aliphatic carbocycles. The van der Waals surface area contributed by atoms with Crippen LogP contribution in [0.15, 0.2) is 108 Å². The molecule has 0 spiro atoms. The van der Waals surface area contributed by atoms with E-state index in [0.717, 1.165) is 49.9 Å². The lowest BCUT2D eigenvalue weighted by atomic mass is 10.1. The number of aromatic nitrogens is 2. The highest BCUT2D eigenvalue weighted by Gasteiger charge is 2.20. The van der Waals surface area contributed by atoms with Gasteiger partial charge in [-0.25, -0.2) is 0 Å².